The van der Waals surface area contributed by atoms with Crippen LogP contribution >= 0.6 is 0 Å². The van der Waals surface area contributed by atoms with E-state index in [1.165, 1.54) is 35.1 Å². The van der Waals surface area contributed by atoms with Crippen molar-refractivity contribution in [2.24, 2.45) is 0 Å². The van der Waals surface area contributed by atoms with Gasteiger partial charge in [0.25, 0.3) is 0 Å². The average Bonchev–Trinajstić information content (AvgIpc) is 2.24. The van der Waals surface area contributed by atoms with E-state index in [0.717, 1.165) is 6.42 Å². The van der Waals surface area contributed by atoms with Crippen molar-refractivity contribution in [1.29, 1.82) is 0 Å². The fourth-order valence-corrected chi connectivity index (χ4v) is 1.60. The predicted octanol–water partition coefficient (Wildman–Crippen LogP) is 5.00. The molecule has 1 aromatic rings. The molecule has 0 unspecified atom stereocenters. The standard InChI is InChI=1S/C13H19.C3H7.W/c1-5-6-7-13-8-10(2)12(4)11(3)9-13;1-3-2;/h8-9H,1,5-7H2,2-4H3;3H,1-2H3;/q2*-1;+2. The van der Waals surface area contributed by atoms with Gasteiger partial charge in [0, 0.05) is 0 Å². The zero-order chi connectivity index (χ0) is 12.6. The Morgan fingerprint density at radius 3 is 1.82 bits per heavy atom. The maximum absolute atomic E-state index is 3.86. The number of hydrogen-bond acceptors (Lipinski definition) is 0. The van der Waals surface area contributed by atoms with E-state index in [4.69, 9.17) is 0 Å². The van der Waals surface area contributed by atoms with Crippen LogP contribution in [0.15, 0.2) is 12.1 Å². The molecule has 0 amide bonds. The van der Waals surface area contributed by atoms with Gasteiger partial charge < -0.3 is 13.3 Å². The minimum absolute atomic E-state index is 0. The Labute approximate surface area is 122 Å². The van der Waals surface area contributed by atoms with Crippen LogP contribution < -0.4 is 0 Å². The van der Waals surface area contributed by atoms with Crippen molar-refractivity contribution in [1.82, 2.24) is 0 Å². The molecule has 0 nitrogen and oxygen atoms in total. The molecule has 0 atom stereocenters. The summed E-state index contributed by atoms with van der Waals surface area (Å²) < 4.78 is 0. The van der Waals surface area contributed by atoms with Gasteiger partial charge in [-0.1, -0.05) is 18.6 Å². The van der Waals surface area contributed by atoms with E-state index in [1.807, 2.05) is 20.3 Å². The fourth-order valence-electron chi connectivity index (χ4n) is 1.60. The van der Waals surface area contributed by atoms with Crippen LogP contribution in [-0.2, 0) is 27.5 Å². The van der Waals surface area contributed by atoms with Crippen molar-refractivity contribution in [2.45, 2.75) is 53.9 Å². The minimum atomic E-state index is 0. The van der Waals surface area contributed by atoms with Crippen molar-refractivity contribution in [3.63, 3.8) is 0 Å². The number of benzene rings is 1. The van der Waals surface area contributed by atoms with Gasteiger partial charge >= 0.3 is 21.1 Å². The monoisotopic (exact) mass is 402 g/mol. The summed E-state index contributed by atoms with van der Waals surface area (Å²) in [7, 11) is 0. The molecule has 0 aliphatic rings. The third kappa shape index (κ3) is 7.76. The van der Waals surface area contributed by atoms with Gasteiger partial charge in [-0.25, -0.2) is 0 Å². The number of aryl methyl sites for hydroxylation is 3. The first-order valence-corrected chi connectivity index (χ1v) is 6.16. The number of hydrogen-bond donors (Lipinski definition) is 0. The Bertz CT molecular complexity index is 279. The third-order valence-electron chi connectivity index (χ3n) is 2.70. The molecule has 1 aromatic carbocycles. The number of rotatable bonds is 3. The molecule has 0 heterocycles. The fraction of sp³-hybridized carbons (Fsp3) is 0.500. The van der Waals surface area contributed by atoms with E-state index in [0.29, 0.717) is 0 Å². The summed E-state index contributed by atoms with van der Waals surface area (Å²) in [6.07, 6.45) is 5.40. The van der Waals surface area contributed by atoms with Gasteiger partial charge in [-0.15, -0.1) is 0 Å². The first kappa shape index (κ1) is 19.3. The molecule has 0 saturated heterocycles. The molecule has 1 heteroatoms. The zero-order valence-electron chi connectivity index (χ0n) is 12.0. The minimum Gasteiger partial charge on any atom is -0.343 e. The van der Waals surface area contributed by atoms with Gasteiger partial charge in [0.1, 0.15) is 0 Å². The summed E-state index contributed by atoms with van der Waals surface area (Å²) in [5.41, 5.74) is 5.72. The summed E-state index contributed by atoms with van der Waals surface area (Å²) in [6, 6.07) is 4.61. The molecule has 0 saturated carbocycles. The van der Waals surface area contributed by atoms with Crippen LogP contribution in [0.4, 0.5) is 0 Å². The van der Waals surface area contributed by atoms with Crippen LogP contribution in [0.3, 0.4) is 0 Å². The Balaban J connectivity index is 0. The molecular weight excluding hydrogens is 376 g/mol. The van der Waals surface area contributed by atoms with Gasteiger partial charge in [-0.05, 0) is 49.4 Å². The van der Waals surface area contributed by atoms with Crippen LogP contribution in [0.2, 0.25) is 0 Å². The molecule has 0 aromatic heterocycles. The van der Waals surface area contributed by atoms with Gasteiger partial charge in [0.2, 0.25) is 0 Å². The topological polar surface area (TPSA) is 0 Å². The predicted molar refractivity (Wildman–Crippen MR) is 74.6 cm³/mol. The van der Waals surface area contributed by atoms with Gasteiger partial charge in [0.15, 0.2) is 0 Å². The largest absolute Gasteiger partial charge is 2.00 e. The van der Waals surface area contributed by atoms with Crippen molar-refractivity contribution < 1.29 is 21.1 Å². The molecule has 17 heavy (non-hydrogen) atoms. The molecule has 0 aliphatic carbocycles. The van der Waals surface area contributed by atoms with Crippen LogP contribution in [0.25, 0.3) is 0 Å². The first-order valence-electron chi connectivity index (χ1n) is 6.16. The molecule has 0 N–H and O–H groups in total. The second-order valence-electron chi connectivity index (χ2n) is 4.39. The summed E-state index contributed by atoms with van der Waals surface area (Å²) >= 11 is 0. The maximum Gasteiger partial charge on any atom is 2.00 e. The van der Waals surface area contributed by atoms with E-state index in [9.17, 15) is 0 Å². The molecule has 0 bridgehead atoms. The Morgan fingerprint density at radius 1 is 1.06 bits per heavy atom. The number of unbranched alkanes of at least 4 members (excludes halogenated alkanes) is 1. The van der Waals surface area contributed by atoms with E-state index in [1.54, 1.807) is 0 Å². The third-order valence-corrected chi connectivity index (χ3v) is 2.70. The van der Waals surface area contributed by atoms with Crippen LogP contribution in [0.5, 0.6) is 0 Å². The van der Waals surface area contributed by atoms with Gasteiger partial charge in [0.05, 0.1) is 0 Å². The smallest absolute Gasteiger partial charge is 0.343 e. The van der Waals surface area contributed by atoms with Crippen molar-refractivity contribution in [3.05, 3.63) is 47.7 Å². The normalized spacial score (nSPS) is 9.06. The van der Waals surface area contributed by atoms with Crippen molar-refractivity contribution >= 4 is 0 Å². The van der Waals surface area contributed by atoms with Crippen LogP contribution in [0, 0.1) is 34.1 Å². The summed E-state index contributed by atoms with van der Waals surface area (Å²) in [6.45, 7) is 14.4. The van der Waals surface area contributed by atoms with Crippen LogP contribution in [-0.4, -0.2) is 0 Å². The van der Waals surface area contributed by atoms with Gasteiger partial charge in [-0.3, -0.25) is 0 Å². The Morgan fingerprint density at radius 2 is 1.47 bits per heavy atom. The Hall–Kier alpha value is -0.0917. The maximum atomic E-state index is 3.86. The molecule has 0 spiro atoms. The van der Waals surface area contributed by atoms with Crippen molar-refractivity contribution in [3.8, 4) is 0 Å². The van der Waals surface area contributed by atoms with Gasteiger partial charge in [-0.2, -0.15) is 20.3 Å². The quantitative estimate of drug-likeness (QED) is 0.625. The van der Waals surface area contributed by atoms with E-state index in [-0.39, 0.29) is 21.1 Å². The van der Waals surface area contributed by atoms with E-state index >= 15 is 0 Å². The van der Waals surface area contributed by atoms with E-state index in [2.05, 4.69) is 39.8 Å². The molecule has 96 valence electrons. The Kier molecular flexibility index (Phi) is 12.5. The molecular formula is C16H26W. The van der Waals surface area contributed by atoms with Crippen molar-refractivity contribution in [2.75, 3.05) is 0 Å². The average molecular weight is 402 g/mol. The van der Waals surface area contributed by atoms with E-state index < -0.39 is 0 Å². The SMILES string of the molecule is C[CH-]C.[CH2-]CCCc1cc(C)c(C)c(C)c1.[W+2]. The second-order valence-corrected chi connectivity index (χ2v) is 4.39. The summed E-state index contributed by atoms with van der Waals surface area (Å²) in [5.74, 6) is 0. The molecule has 0 radical (unpaired) electrons. The zero-order valence-corrected chi connectivity index (χ0v) is 14.9. The first-order chi connectivity index (χ1) is 7.56. The molecule has 1 rings (SSSR count). The molecule has 0 aliphatic heterocycles. The summed E-state index contributed by atoms with van der Waals surface area (Å²) in [4.78, 5) is 0. The second kappa shape index (κ2) is 11.0. The molecule has 0 fully saturated rings. The van der Waals surface area contributed by atoms with Crippen LogP contribution in [0.1, 0.15) is 48.9 Å². The summed E-state index contributed by atoms with van der Waals surface area (Å²) in [5, 5.41) is 0.